The quantitative estimate of drug-likeness (QED) is 0.432. The summed E-state index contributed by atoms with van der Waals surface area (Å²) >= 11 is 0. The molecule has 1 atom stereocenters. The second kappa shape index (κ2) is 8.49. The van der Waals surface area contributed by atoms with Crippen molar-refractivity contribution in [2.45, 2.75) is 32.2 Å². The summed E-state index contributed by atoms with van der Waals surface area (Å²) in [6, 6.07) is 15.2. The van der Waals surface area contributed by atoms with Crippen LogP contribution in [0.4, 0.5) is 4.79 Å². The molecule has 0 unspecified atom stereocenters. The summed E-state index contributed by atoms with van der Waals surface area (Å²) in [5, 5.41) is 2.62. The fraction of sp³-hybridized carbons (Fsp3) is 0.304. The Kier molecular flexibility index (Phi) is 6.01. The highest BCUT2D eigenvalue weighted by Gasteiger charge is 2.49. The van der Waals surface area contributed by atoms with E-state index in [1.807, 2.05) is 12.1 Å². The van der Waals surface area contributed by atoms with Crippen LogP contribution in [0.1, 0.15) is 48.2 Å². The average Bonchev–Trinajstić information content (AvgIpc) is 2.96. The van der Waals surface area contributed by atoms with Crippen molar-refractivity contribution in [1.82, 2.24) is 10.2 Å². The molecule has 30 heavy (non-hydrogen) atoms. The molecule has 0 spiro atoms. The first kappa shape index (κ1) is 21.2. The van der Waals surface area contributed by atoms with Crippen molar-refractivity contribution in [3.05, 3.63) is 71.3 Å². The van der Waals surface area contributed by atoms with Crippen LogP contribution in [-0.2, 0) is 19.9 Å². The number of nitrogens with zero attached hydrogens (tertiary/aromatic N) is 1. The number of rotatable bonds is 7. The van der Waals surface area contributed by atoms with Crippen LogP contribution < -0.4 is 5.32 Å². The Hall–Kier alpha value is -3.48. The van der Waals surface area contributed by atoms with Gasteiger partial charge in [-0.05, 0) is 24.0 Å². The highest BCUT2D eigenvalue weighted by atomic mass is 16.5. The van der Waals surface area contributed by atoms with Crippen LogP contribution in [0.5, 0.6) is 0 Å². The first-order valence-electron chi connectivity index (χ1n) is 9.71. The van der Waals surface area contributed by atoms with Gasteiger partial charge in [0.25, 0.3) is 5.91 Å². The van der Waals surface area contributed by atoms with Crippen molar-refractivity contribution < 1.29 is 23.9 Å². The minimum absolute atomic E-state index is 0.345. The Morgan fingerprint density at radius 2 is 1.67 bits per heavy atom. The maximum atomic E-state index is 12.8. The van der Waals surface area contributed by atoms with Crippen molar-refractivity contribution in [2.75, 3.05) is 13.2 Å². The lowest BCUT2D eigenvalue weighted by atomic mass is 9.92. The predicted octanol–water partition coefficient (Wildman–Crippen LogP) is 3.00. The minimum atomic E-state index is -1.26. The number of ether oxygens (including phenoxy) is 1. The summed E-state index contributed by atoms with van der Waals surface area (Å²) in [6.07, 6.45) is 0. The normalized spacial score (nSPS) is 18.5. The van der Waals surface area contributed by atoms with Gasteiger partial charge in [0.15, 0.2) is 12.4 Å². The molecule has 7 heteroatoms. The number of Topliss-reactive ketones (excluding diaryl/α,β-unsaturated/α-hetero) is 1. The van der Waals surface area contributed by atoms with Gasteiger partial charge in [-0.25, -0.2) is 4.79 Å². The molecule has 3 amide bonds. The van der Waals surface area contributed by atoms with Crippen LogP contribution in [0.2, 0.25) is 0 Å². The Morgan fingerprint density at radius 3 is 2.27 bits per heavy atom. The molecule has 1 aliphatic heterocycles. The second-order valence-electron chi connectivity index (χ2n) is 7.67. The van der Waals surface area contributed by atoms with E-state index in [1.165, 1.54) is 0 Å². The van der Waals surface area contributed by atoms with Gasteiger partial charge in [0.05, 0.1) is 0 Å². The van der Waals surface area contributed by atoms with Crippen molar-refractivity contribution >= 4 is 23.7 Å². The van der Waals surface area contributed by atoms with Crippen molar-refractivity contribution in [3.63, 3.8) is 0 Å². The summed E-state index contributed by atoms with van der Waals surface area (Å²) in [5.41, 5.74) is 0.883. The molecule has 156 valence electrons. The van der Waals surface area contributed by atoms with Crippen LogP contribution in [0.25, 0.3) is 0 Å². The smallest absolute Gasteiger partial charge is 0.326 e. The number of benzene rings is 2. The summed E-state index contributed by atoms with van der Waals surface area (Å²) in [4.78, 5) is 50.3. The molecular weight excluding hydrogens is 384 g/mol. The van der Waals surface area contributed by atoms with E-state index in [2.05, 4.69) is 19.2 Å². The number of esters is 1. The molecule has 0 bridgehead atoms. The van der Waals surface area contributed by atoms with Crippen molar-refractivity contribution in [3.8, 4) is 0 Å². The highest BCUT2D eigenvalue weighted by molar-refractivity contribution is 6.09. The lowest BCUT2D eigenvalue weighted by molar-refractivity contribution is -0.146. The molecule has 2 aromatic rings. The van der Waals surface area contributed by atoms with Gasteiger partial charge in [-0.1, -0.05) is 68.4 Å². The Morgan fingerprint density at radius 1 is 1.03 bits per heavy atom. The second-order valence-corrected chi connectivity index (χ2v) is 7.67. The molecule has 2 aromatic carbocycles. The minimum Gasteiger partial charge on any atom is -0.456 e. The number of carbonyl (C=O) groups excluding carboxylic acids is 4. The average molecular weight is 408 g/mol. The van der Waals surface area contributed by atoms with Gasteiger partial charge < -0.3 is 10.1 Å². The summed E-state index contributed by atoms with van der Waals surface area (Å²) in [7, 11) is 0. The number of hydrogen-bond acceptors (Lipinski definition) is 5. The van der Waals surface area contributed by atoms with Gasteiger partial charge in [-0.3, -0.25) is 19.3 Å². The zero-order chi connectivity index (χ0) is 21.9. The van der Waals surface area contributed by atoms with E-state index in [-0.39, 0.29) is 5.78 Å². The molecule has 0 radical (unpaired) electrons. The molecule has 1 N–H and O–H groups in total. The van der Waals surface area contributed by atoms with Crippen LogP contribution in [0.3, 0.4) is 0 Å². The Balaban J connectivity index is 1.59. The maximum absolute atomic E-state index is 12.8. The standard InChI is InChI=1S/C23H24N2O5/c1-15(2)16-9-11-17(12-10-16)19(26)14-30-20(27)13-25-21(28)23(3,24-22(25)29)18-7-5-4-6-8-18/h4-12,15H,13-14H2,1-3H3,(H,24,29)/t23-/m0/s1. The molecule has 0 aromatic heterocycles. The van der Waals surface area contributed by atoms with E-state index >= 15 is 0 Å². The number of ketones is 1. The first-order valence-corrected chi connectivity index (χ1v) is 9.71. The molecule has 0 saturated carbocycles. The monoisotopic (exact) mass is 408 g/mol. The van der Waals surface area contributed by atoms with Crippen molar-refractivity contribution in [1.29, 1.82) is 0 Å². The summed E-state index contributed by atoms with van der Waals surface area (Å²) in [5.74, 6) is -1.39. The van der Waals surface area contributed by atoms with Crippen LogP contribution in [0, 0.1) is 0 Å². The number of hydrogen-bond donors (Lipinski definition) is 1. The summed E-state index contributed by atoms with van der Waals surface area (Å²) in [6.45, 7) is 4.67. The van der Waals surface area contributed by atoms with Crippen molar-refractivity contribution in [2.24, 2.45) is 0 Å². The fourth-order valence-electron chi connectivity index (χ4n) is 3.27. The van der Waals surface area contributed by atoms with E-state index in [0.717, 1.165) is 10.5 Å². The fourth-order valence-corrected chi connectivity index (χ4v) is 3.27. The molecular formula is C23H24N2O5. The predicted molar refractivity (Wildman–Crippen MR) is 110 cm³/mol. The lowest BCUT2D eigenvalue weighted by Crippen LogP contribution is -2.41. The number of imide groups is 1. The molecule has 1 saturated heterocycles. The molecule has 1 fully saturated rings. The molecule has 1 heterocycles. The largest absolute Gasteiger partial charge is 0.456 e. The zero-order valence-electron chi connectivity index (χ0n) is 17.2. The SMILES string of the molecule is CC(C)c1ccc(C(=O)COC(=O)CN2C(=O)N[C@@](C)(c3ccccc3)C2=O)cc1. The van der Waals surface area contributed by atoms with E-state index in [9.17, 15) is 19.2 Å². The van der Waals surface area contributed by atoms with Gasteiger partial charge >= 0.3 is 12.0 Å². The lowest BCUT2D eigenvalue weighted by Gasteiger charge is -2.21. The third-order valence-electron chi connectivity index (χ3n) is 5.18. The molecule has 3 rings (SSSR count). The zero-order valence-corrected chi connectivity index (χ0v) is 17.2. The first-order chi connectivity index (χ1) is 14.2. The Bertz CT molecular complexity index is 969. The number of amides is 3. The van der Waals surface area contributed by atoms with E-state index in [4.69, 9.17) is 4.74 Å². The van der Waals surface area contributed by atoms with Gasteiger partial charge in [0.2, 0.25) is 0 Å². The number of nitrogens with one attached hydrogen (secondary N) is 1. The maximum Gasteiger partial charge on any atom is 0.326 e. The number of urea groups is 1. The van der Waals surface area contributed by atoms with Gasteiger partial charge in [0.1, 0.15) is 12.1 Å². The van der Waals surface area contributed by atoms with Crippen LogP contribution in [-0.4, -0.2) is 41.7 Å². The molecule has 0 aliphatic carbocycles. The number of carbonyl (C=O) groups is 4. The van der Waals surface area contributed by atoms with Gasteiger partial charge in [-0.2, -0.15) is 0 Å². The third-order valence-corrected chi connectivity index (χ3v) is 5.18. The van der Waals surface area contributed by atoms with Crippen LogP contribution in [0.15, 0.2) is 54.6 Å². The van der Waals surface area contributed by atoms with Gasteiger partial charge in [-0.15, -0.1) is 0 Å². The third kappa shape index (κ3) is 4.25. The summed E-state index contributed by atoms with van der Waals surface area (Å²) < 4.78 is 5.01. The van der Waals surface area contributed by atoms with E-state index < -0.39 is 36.6 Å². The van der Waals surface area contributed by atoms with E-state index in [1.54, 1.807) is 49.4 Å². The van der Waals surface area contributed by atoms with Gasteiger partial charge in [0, 0.05) is 5.56 Å². The van der Waals surface area contributed by atoms with Crippen LogP contribution >= 0.6 is 0 Å². The Labute approximate surface area is 175 Å². The van der Waals surface area contributed by atoms with E-state index in [0.29, 0.717) is 17.0 Å². The topological polar surface area (TPSA) is 92.8 Å². The highest BCUT2D eigenvalue weighted by Crippen LogP contribution is 2.28. The molecule has 7 nitrogen and oxygen atoms in total. The molecule has 1 aliphatic rings.